The molecular formula is C25H32N2O4. The van der Waals surface area contributed by atoms with Gasteiger partial charge in [0.2, 0.25) is 11.8 Å². The third kappa shape index (κ3) is 6.23. The molecule has 1 fully saturated rings. The van der Waals surface area contributed by atoms with E-state index in [1.807, 2.05) is 63.2 Å². The summed E-state index contributed by atoms with van der Waals surface area (Å²) in [5, 5.41) is 2.99. The third-order valence-electron chi connectivity index (χ3n) is 5.40. The van der Waals surface area contributed by atoms with Gasteiger partial charge >= 0.3 is 0 Å². The van der Waals surface area contributed by atoms with Crippen LogP contribution in [0.15, 0.2) is 42.5 Å². The zero-order valence-corrected chi connectivity index (χ0v) is 18.6. The highest BCUT2D eigenvalue weighted by Gasteiger charge is 2.34. The molecule has 0 aliphatic carbocycles. The molecule has 1 N–H and O–H groups in total. The number of hydrogen-bond acceptors (Lipinski definition) is 4. The van der Waals surface area contributed by atoms with Gasteiger partial charge in [-0.25, -0.2) is 0 Å². The number of ether oxygens (including phenoxy) is 2. The number of nitrogens with zero attached hydrogens (tertiary/aromatic N) is 1. The van der Waals surface area contributed by atoms with Gasteiger partial charge < -0.3 is 19.7 Å². The van der Waals surface area contributed by atoms with Crippen molar-refractivity contribution in [3.8, 4) is 11.5 Å². The lowest BCUT2D eigenvalue weighted by Crippen LogP contribution is -2.34. The minimum absolute atomic E-state index is 0.0357. The molecule has 2 aromatic rings. The molecular weight excluding hydrogens is 392 g/mol. The summed E-state index contributed by atoms with van der Waals surface area (Å²) >= 11 is 0. The molecule has 0 aromatic heterocycles. The van der Waals surface area contributed by atoms with E-state index in [4.69, 9.17) is 9.47 Å². The lowest BCUT2D eigenvalue weighted by molar-refractivity contribution is -0.129. The highest BCUT2D eigenvalue weighted by atomic mass is 16.5. The molecule has 1 aliphatic heterocycles. The van der Waals surface area contributed by atoms with Crippen molar-refractivity contribution in [2.45, 2.75) is 40.2 Å². The van der Waals surface area contributed by atoms with E-state index in [9.17, 15) is 9.59 Å². The van der Waals surface area contributed by atoms with Gasteiger partial charge in [0.1, 0.15) is 0 Å². The Morgan fingerprint density at radius 2 is 1.71 bits per heavy atom. The summed E-state index contributed by atoms with van der Waals surface area (Å²) in [6, 6.07) is 14.0. The Morgan fingerprint density at radius 3 is 2.42 bits per heavy atom. The summed E-state index contributed by atoms with van der Waals surface area (Å²) in [5.74, 6) is 1.14. The van der Waals surface area contributed by atoms with Gasteiger partial charge in [-0.05, 0) is 50.5 Å². The summed E-state index contributed by atoms with van der Waals surface area (Å²) in [5.41, 5.74) is 3.34. The molecule has 6 heteroatoms. The van der Waals surface area contributed by atoms with Crippen LogP contribution < -0.4 is 14.8 Å². The molecule has 0 spiro atoms. The van der Waals surface area contributed by atoms with Crippen LogP contribution in [-0.2, 0) is 22.6 Å². The van der Waals surface area contributed by atoms with Crippen LogP contribution in [0.5, 0.6) is 11.5 Å². The maximum absolute atomic E-state index is 12.6. The first-order chi connectivity index (χ1) is 15.0. The first-order valence-corrected chi connectivity index (χ1v) is 11.0. The first-order valence-electron chi connectivity index (χ1n) is 11.0. The van der Waals surface area contributed by atoms with Crippen molar-refractivity contribution in [3.63, 3.8) is 0 Å². The molecule has 0 saturated carbocycles. The van der Waals surface area contributed by atoms with Crippen LogP contribution in [0.2, 0.25) is 0 Å². The highest BCUT2D eigenvalue weighted by molar-refractivity contribution is 5.89. The van der Waals surface area contributed by atoms with Gasteiger partial charge in [0.15, 0.2) is 11.5 Å². The second-order valence-electron chi connectivity index (χ2n) is 7.85. The number of carbonyl (C=O) groups is 2. The average molecular weight is 425 g/mol. The van der Waals surface area contributed by atoms with Crippen LogP contribution in [-0.4, -0.2) is 43.0 Å². The fourth-order valence-electron chi connectivity index (χ4n) is 3.74. The Hall–Kier alpha value is -3.02. The fourth-order valence-corrected chi connectivity index (χ4v) is 3.74. The van der Waals surface area contributed by atoms with Gasteiger partial charge in [-0.3, -0.25) is 9.59 Å². The van der Waals surface area contributed by atoms with E-state index in [1.54, 1.807) is 4.90 Å². The Bertz CT molecular complexity index is 895. The maximum Gasteiger partial charge on any atom is 0.225 e. The summed E-state index contributed by atoms with van der Waals surface area (Å²) in [6.45, 7) is 8.59. The molecule has 1 atom stereocenters. The molecule has 2 amide bonds. The predicted octanol–water partition coefficient (Wildman–Crippen LogP) is 3.50. The van der Waals surface area contributed by atoms with Crippen molar-refractivity contribution in [2.24, 2.45) is 5.92 Å². The predicted molar refractivity (Wildman–Crippen MR) is 120 cm³/mol. The Morgan fingerprint density at radius 1 is 1.03 bits per heavy atom. The first kappa shape index (κ1) is 22.7. The van der Waals surface area contributed by atoms with E-state index in [-0.39, 0.29) is 24.2 Å². The van der Waals surface area contributed by atoms with Gasteiger partial charge in [-0.1, -0.05) is 35.9 Å². The van der Waals surface area contributed by atoms with Gasteiger partial charge in [-0.2, -0.15) is 0 Å². The van der Waals surface area contributed by atoms with Crippen LogP contribution in [0.1, 0.15) is 37.0 Å². The number of nitrogens with one attached hydrogen (secondary N) is 1. The molecule has 1 aliphatic rings. The SMILES string of the molecule is CCOc1ccc(CCNC(=O)[C@@H]2CC(=O)N(Cc3ccc(C)cc3)C2)cc1OCC. The number of carbonyl (C=O) groups excluding carboxylic acids is 2. The van der Waals surface area contributed by atoms with E-state index in [2.05, 4.69) is 5.32 Å². The minimum atomic E-state index is -0.294. The quantitative estimate of drug-likeness (QED) is 0.634. The Balaban J connectivity index is 1.49. The Kier molecular flexibility index (Phi) is 7.93. The average Bonchev–Trinajstić information content (AvgIpc) is 3.12. The molecule has 0 bridgehead atoms. The largest absolute Gasteiger partial charge is 0.490 e. The van der Waals surface area contributed by atoms with Crippen molar-refractivity contribution >= 4 is 11.8 Å². The lowest BCUT2D eigenvalue weighted by Gasteiger charge is -2.17. The second kappa shape index (κ2) is 10.8. The number of hydrogen-bond donors (Lipinski definition) is 1. The van der Waals surface area contributed by atoms with Gasteiger partial charge in [0, 0.05) is 26.1 Å². The topological polar surface area (TPSA) is 67.9 Å². The minimum Gasteiger partial charge on any atom is -0.490 e. The van der Waals surface area contributed by atoms with E-state index < -0.39 is 0 Å². The van der Waals surface area contributed by atoms with E-state index >= 15 is 0 Å². The second-order valence-corrected chi connectivity index (χ2v) is 7.85. The van der Waals surface area contributed by atoms with Crippen molar-refractivity contribution in [1.82, 2.24) is 10.2 Å². The summed E-state index contributed by atoms with van der Waals surface area (Å²) in [6.07, 6.45) is 0.960. The zero-order valence-electron chi connectivity index (χ0n) is 18.6. The molecule has 2 aromatic carbocycles. The van der Waals surface area contributed by atoms with E-state index in [0.717, 1.165) is 22.6 Å². The molecule has 3 rings (SSSR count). The van der Waals surface area contributed by atoms with Crippen molar-refractivity contribution in [1.29, 1.82) is 0 Å². The van der Waals surface area contributed by atoms with Gasteiger partial charge in [0.25, 0.3) is 0 Å². The molecule has 1 saturated heterocycles. The smallest absolute Gasteiger partial charge is 0.225 e. The van der Waals surface area contributed by atoms with Crippen LogP contribution in [0.25, 0.3) is 0 Å². The summed E-state index contributed by atoms with van der Waals surface area (Å²) in [4.78, 5) is 26.7. The van der Waals surface area contributed by atoms with Crippen LogP contribution in [0, 0.1) is 12.8 Å². The van der Waals surface area contributed by atoms with Crippen molar-refractivity contribution in [3.05, 3.63) is 59.2 Å². The molecule has 0 radical (unpaired) electrons. The highest BCUT2D eigenvalue weighted by Crippen LogP contribution is 2.28. The van der Waals surface area contributed by atoms with E-state index in [0.29, 0.717) is 39.3 Å². The molecule has 1 heterocycles. The zero-order chi connectivity index (χ0) is 22.2. The third-order valence-corrected chi connectivity index (χ3v) is 5.40. The summed E-state index contributed by atoms with van der Waals surface area (Å²) < 4.78 is 11.3. The maximum atomic E-state index is 12.6. The Labute approximate surface area is 184 Å². The monoisotopic (exact) mass is 424 g/mol. The number of likely N-dealkylation sites (tertiary alicyclic amines) is 1. The standard InChI is InChI=1S/C25H32N2O4/c1-4-30-22-11-10-19(14-23(22)31-5-2)12-13-26-25(29)21-15-24(28)27(17-21)16-20-8-6-18(3)7-9-20/h6-11,14,21H,4-5,12-13,15-17H2,1-3H3,(H,26,29)/t21-/m1/s1. The van der Waals surface area contributed by atoms with Gasteiger partial charge in [-0.15, -0.1) is 0 Å². The number of amides is 2. The van der Waals surface area contributed by atoms with Crippen LogP contribution >= 0.6 is 0 Å². The van der Waals surface area contributed by atoms with Crippen molar-refractivity contribution in [2.75, 3.05) is 26.3 Å². The fraction of sp³-hybridized carbons (Fsp3) is 0.440. The molecule has 31 heavy (non-hydrogen) atoms. The van der Waals surface area contributed by atoms with Crippen LogP contribution in [0.4, 0.5) is 0 Å². The lowest BCUT2D eigenvalue weighted by atomic mass is 10.1. The van der Waals surface area contributed by atoms with Gasteiger partial charge in [0.05, 0.1) is 19.1 Å². The molecule has 0 unspecified atom stereocenters. The molecule has 166 valence electrons. The summed E-state index contributed by atoms with van der Waals surface area (Å²) in [7, 11) is 0. The normalized spacial score (nSPS) is 15.8. The number of aryl methyl sites for hydroxylation is 1. The van der Waals surface area contributed by atoms with Crippen LogP contribution in [0.3, 0.4) is 0 Å². The van der Waals surface area contributed by atoms with Crippen molar-refractivity contribution < 1.29 is 19.1 Å². The molecule has 6 nitrogen and oxygen atoms in total. The number of benzene rings is 2. The van der Waals surface area contributed by atoms with E-state index in [1.165, 1.54) is 5.56 Å². The number of rotatable bonds is 10.